The number of methoxy groups -OCH3 is 4. The summed E-state index contributed by atoms with van der Waals surface area (Å²) in [7, 11) is -3.04. The van der Waals surface area contributed by atoms with Gasteiger partial charge in [-0.25, -0.2) is 43.9 Å². The first-order valence-corrected chi connectivity index (χ1v) is 25.9. The summed E-state index contributed by atoms with van der Waals surface area (Å²) in [6, 6.07) is 33.7. The van der Waals surface area contributed by atoms with Gasteiger partial charge in [0.05, 0.1) is 33.3 Å². The van der Waals surface area contributed by atoms with Gasteiger partial charge in [-0.3, -0.25) is 4.79 Å². The van der Waals surface area contributed by atoms with Gasteiger partial charge in [-0.05, 0) is 102 Å². The molecular weight excluding hydrogens is 1100 g/mol. The Kier molecular flexibility index (Phi) is 16.6. The summed E-state index contributed by atoms with van der Waals surface area (Å²) in [5.74, 6) is -19.4. The number of carbonyl (C=O) groups is 1. The van der Waals surface area contributed by atoms with Gasteiger partial charge in [0, 0.05) is 65.9 Å². The second-order valence-electron chi connectivity index (χ2n) is 17.0. The van der Waals surface area contributed by atoms with Crippen molar-refractivity contribution >= 4 is 34.9 Å². The molecule has 0 saturated carbocycles. The maximum atomic E-state index is 18.4. The van der Waals surface area contributed by atoms with Crippen molar-refractivity contribution in [1.82, 2.24) is 0 Å². The number of halogens is 10. The zero-order chi connectivity index (χ0) is 57.0. The van der Waals surface area contributed by atoms with Crippen molar-refractivity contribution in [2.24, 2.45) is 0 Å². The summed E-state index contributed by atoms with van der Waals surface area (Å²) in [5, 5.41) is 0. The standard InChI is InChI=1S/C59H39BF10O8S2/c1-72-55-44(63)25-37(26-45(55)64)76-60(77-38-27-46(65)56(73-2)47(66)28-38)78-51-31-50(69)58(75-4)53(70)59(51)80(41-21-14-35(61)15-22-41,42-29-48(67)57(74-3)49(68)30-42)52-23-16-36(62)24-43(52)32-10-17-39(18-11-32)79-40-19-12-34(13-20-40)54(71)33-8-6-5-7-9-33/h5-31H,1-4H3. The Labute approximate surface area is 456 Å². The number of hydrogen-bond donors (Lipinski definition) is 0. The number of ketones is 1. The molecule has 0 fully saturated rings. The van der Waals surface area contributed by atoms with Crippen LogP contribution < -0.4 is 32.9 Å². The number of rotatable bonds is 19. The molecule has 0 amide bonds. The largest absolute Gasteiger partial charge is 0.864 e. The van der Waals surface area contributed by atoms with E-state index in [9.17, 15) is 4.79 Å². The van der Waals surface area contributed by atoms with Crippen LogP contribution in [-0.4, -0.2) is 41.5 Å². The van der Waals surface area contributed by atoms with E-state index < -0.39 is 126 Å². The summed E-state index contributed by atoms with van der Waals surface area (Å²) in [6.45, 7) is 0. The van der Waals surface area contributed by atoms with Crippen LogP contribution in [0.25, 0.3) is 11.1 Å². The minimum absolute atomic E-state index is 0.0765. The van der Waals surface area contributed by atoms with Crippen LogP contribution in [0, 0.1) is 58.2 Å². The van der Waals surface area contributed by atoms with Gasteiger partial charge < -0.3 is 32.9 Å². The van der Waals surface area contributed by atoms with Gasteiger partial charge in [-0.1, -0.05) is 54.2 Å². The van der Waals surface area contributed by atoms with Gasteiger partial charge in [0.2, 0.25) is 0 Å². The lowest BCUT2D eigenvalue weighted by atomic mass is 10.0. The molecule has 0 aliphatic rings. The molecule has 0 spiro atoms. The summed E-state index contributed by atoms with van der Waals surface area (Å²) in [4.78, 5) is 12.8. The summed E-state index contributed by atoms with van der Waals surface area (Å²) >= 11 is 1.30. The van der Waals surface area contributed by atoms with Crippen molar-refractivity contribution < 1.29 is 81.6 Å². The fourth-order valence-electron chi connectivity index (χ4n) is 8.67. The Hall–Kier alpha value is -8.69. The lowest BCUT2D eigenvalue weighted by Crippen LogP contribution is -2.37. The molecule has 0 aliphatic carbocycles. The average molecular weight is 1140 g/mol. The predicted molar refractivity (Wildman–Crippen MR) is 279 cm³/mol. The molecule has 0 saturated heterocycles. The molecule has 21 heteroatoms. The second-order valence-corrected chi connectivity index (χ2v) is 21.2. The minimum atomic E-state index is -4.26. The first-order valence-electron chi connectivity index (χ1n) is 23.5. The number of ether oxygens (including phenoxy) is 4. The van der Waals surface area contributed by atoms with Gasteiger partial charge in [0.25, 0.3) is 0 Å². The third-order valence-corrected chi connectivity index (χ3v) is 17.1. The molecular formula is C59H39BF10O8S2. The fraction of sp³-hybridized carbons (Fsp3) is 0.0678. The number of carbonyl (C=O) groups excluding carboxylic acids is 1. The van der Waals surface area contributed by atoms with E-state index >= 15 is 43.9 Å². The molecule has 80 heavy (non-hydrogen) atoms. The van der Waals surface area contributed by atoms with E-state index in [2.05, 4.69) is 0 Å². The highest BCUT2D eigenvalue weighted by molar-refractivity contribution is 8.34. The molecule has 9 aromatic carbocycles. The summed E-state index contributed by atoms with van der Waals surface area (Å²) < 4.78 is 198. The Bertz CT molecular complexity index is 3640. The smallest absolute Gasteiger partial charge is 0.491 e. The van der Waals surface area contributed by atoms with E-state index in [0.29, 0.717) is 46.4 Å². The molecule has 408 valence electrons. The van der Waals surface area contributed by atoms with E-state index in [0.717, 1.165) is 81.9 Å². The van der Waals surface area contributed by atoms with E-state index in [-0.39, 0.29) is 26.7 Å². The molecule has 1 atom stereocenters. The monoisotopic (exact) mass is 1140 g/mol. The fourth-order valence-corrected chi connectivity index (χ4v) is 13.6. The van der Waals surface area contributed by atoms with Gasteiger partial charge in [-0.2, -0.15) is 0 Å². The maximum absolute atomic E-state index is 18.4. The zero-order valence-electron chi connectivity index (χ0n) is 42.0. The highest BCUT2D eigenvalue weighted by atomic mass is 32.3. The molecule has 1 unspecified atom stereocenters. The Morgan fingerprint density at radius 3 is 1.39 bits per heavy atom. The normalized spacial score (nSPS) is 12.2. The topological polar surface area (TPSA) is 81.7 Å². The highest BCUT2D eigenvalue weighted by Crippen LogP contribution is 2.78. The Balaban J connectivity index is 1.28. The minimum Gasteiger partial charge on any atom is -0.491 e. The molecule has 0 radical (unpaired) electrons. The van der Waals surface area contributed by atoms with E-state index in [1.807, 2.05) is 0 Å². The average Bonchev–Trinajstić information content (AvgIpc) is 3.43. The van der Waals surface area contributed by atoms with Crippen molar-refractivity contribution in [1.29, 1.82) is 0 Å². The molecule has 0 heterocycles. The molecule has 8 nitrogen and oxygen atoms in total. The highest BCUT2D eigenvalue weighted by Gasteiger charge is 2.45. The van der Waals surface area contributed by atoms with E-state index in [1.165, 1.54) is 17.8 Å². The second kappa shape index (κ2) is 23.7. The van der Waals surface area contributed by atoms with Crippen LogP contribution in [0.4, 0.5) is 43.9 Å². The van der Waals surface area contributed by atoms with Crippen molar-refractivity contribution in [2.45, 2.75) is 29.4 Å². The summed E-state index contributed by atoms with van der Waals surface area (Å²) in [6.07, 6.45) is 0. The van der Waals surface area contributed by atoms with Crippen molar-refractivity contribution in [2.75, 3.05) is 28.4 Å². The molecule has 9 rings (SSSR count). The van der Waals surface area contributed by atoms with Gasteiger partial charge in [-0.15, -0.1) is 10.0 Å². The van der Waals surface area contributed by atoms with Crippen molar-refractivity contribution in [3.05, 3.63) is 233 Å². The van der Waals surface area contributed by atoms with E-state index in [1.54, 1.807) is 78.9 Å². The third kappa shape index (κ3) is 11.2. The van der Waals surface area contributed by atoms with E-state index in [4.69, 9.17) is 32.9 Å². The molecule has 0 bridgehead atoms. The number of hydrogen-bond acceptors (Lipinski definition) is 9. The third-order valence-electron chi connectivity index (χ3n) is 12.2. The lowest BCUT2D eigenvalue weighted by molar-refractivity contribution is 0.103. The van der Waals surface area contributed by atoms with Crippen LogP contribution in [0.3, 0.4) is 0 Å². The van der Waals surface area contributed by atoms with Crippen LogP contribution >= 0.6 is 21.8 Å². The van der Waals surface area contributed by atoms with Crippen LogP contribution in [0.5, 0.6) is 40.2 Å². The maximum Gasteiger partial charge on any atom is 0.864 e. The van der Waals surface area contributed by atoms with Gasteiger partial charge in [0.1, 0.15) is 28.9 Å². The van der Waals surface area contributed by atoms with Crippen molar-refractivity contribution in [3.63, 3.8) is 0 Å². The van der Waals surface area contributed by atoms with Crippen LogP contribution in [0.1, 0.15) is 15.9 Å². The van der Waals surface area contributed by atoms with Crippen LogP contribution in [0.15, 0.2) is 193 Å². The lowest BCUT2D eigenvalue weighted by Gasteiger charge is -2.44. The van der Waals surface area contributed by atoms with Crippen LogP contribution in [0.2, 0.25) is 0 Å². The Morgan fingerprint density at radius 1 is 0.438 bits per heavy atom. The van der Waals surface area contributed by atoms with Gasteiger partial charge in [0.15, 0.2) is 75.3 Å². The summed E-state index contributed by atoms with van der Waals surface area (Å²) in [5.41, 5.74) is 1.08. The Morgan fingerprint density at radius 2 is 0.887 bits per heavy atom. The number of benzene rings is 9. The molecule has 0 aromatic heterocycles. The van der Waals surface area contributed by atoms with Crippen LogP contribution in [-0.2, 0) is 0 Å². The zero-order valence-corrected chi connectivity index (χ0v) is 43.7. The molecule has 0 N–H and O–H groups in total. The quantitative estimate of drug-likeness (QED) is 0.0447. The van der Waals surface area contributed by atoms with Crippen molar-refractivity contribution in [3.8, 4) is 51.4 Å². The molecule has 9 aromatic rings. The first kappa shape index (κ1) is 56.0. The van der Waals surface area contributed by atoms with Gasteiger partial charge >= 0.3 is 7.32 Å². The first-order chi connectivity index (χ1) is 38.5. The predicted octanol–water partition coefficient (Wildman–Crippen LogP) is 16.0. The molecule has 0 aliphatic heterocycles. The SMILES string of the molecule is COc1c(F)cc(OB(Oc2cc(F)c(OC)c(F)c2)Oc2cc(F)c(OC)c(F)c2S(c2ccc(F)cc2)(c2cc(F)c(OC)c(F)c2)c2ccc(F)cc2-c2ccc(Sc3ccc(C(=O)c4ccccc4)cc3)cc2)cc1F.